The molecule has 2 fully saturated rings. The van der Waals surface area contributed by atoms with Crippen LogP contribution in [0, 0.1) is 0 Å². The molecule has 20 heavy (non-hydrogen) atoms. The number of piperazine rings is 1. The van der Waals surface area contributed by atoms with Crippen molar-refractivity contribution in [3.05, 3.63) is 18.0 Å². The monoisotopic (exact) mass is 276 g/mol. The Morgan fingerprint density at radius 2 is 2.20 bits per heavy atom. The summed E-state index contributed by atoms with van der Waals surface area (Å²) in [6, 6.07) is 0.706. The molecule has 4 heteroatoms. The van der Waals surface area contributed by atoms with Gasteiger partial charge in [-0.3, -0.25) is 9.58 Å². The van der Waals surface area contributed by atoms with Gasteiger partial charge in [0.15, 0.2) is 0 Å². The second-order valence-electron chi connectivity index (χ2n) is 6.67. The number of nitrogens with zero attached hydrogens (tertiary/aromatic N) is 3. The zero-order valence-corrected chi connectivity index (χ0v) is 12.9. The lowest BCUT2D eigenvalue weighted by Crippen LogP contribution is -2.63. The van der Waals surface area contributed by atoms with Crippen LogP contribution in [0.5, 0.6) is 0 Å². The summed E-state index contributed by atoms with van der Waals surface area (Å²) < 4.78 is 1.91. The number of aryl methyl sites for hydroxylation is 1. The summed E-state index contributed by atoms with van der Waals surface area (Å²) in [5.74, 6) is 0. The van der Waals surface area contributed by atoms with Crippen molar-refractivity contribution in [3.8, 4) is 0 Å². The third-order valence-electron chi connectivity index (χ3n) is 5.21. The second kappa shape index (κ2) is 5.86. The van der Waals surface area contributed by atoms with Crippen LogP contribution >= 0.6 is 0 Å². The Bertz CT molecular complexity index is 433. The zero-order chi connectivity index (χ0) is 14.0. The molecule has 0 radical (unpaired) electrons. The van der Waals surface area contributed by atoms with Crippen molar-refractivity contribution < 1.29 is 0 Å². The van der Waals surface area contributed by atoms with E-state index in [0.717, 1.165) is 6.42 Å². The van der Waals surface area contributed by atoms with Crippen LogP contribution in [0.15, 0.2) is 12.4 Å². The van der Waals surface area contributed by atoms with Gasteiger partial charge in [-0.2, -0.15) is 5.10 Å². The van der Waals surface area contributed by atoms with Gasteiger partial charge in [-0.05, 0) is 31.2 Å². The van der Waals surface area contributed by atoms with Crippen molar-refractivity contribution in [2.24, 2.45) is 7.05 Å². The molecule has 0 aromatic carbocycles. The molecule has 3 rings (SSSR count). The second-order valence-corrected chi connectivity index (χ2v) is 6.67. The standard InChI is InChI=1S/C16H28N4/c1-3-15-11-17-16(7-4-5-8-16)13-20(15)9-6-14-10-18-19(2)12-14/h10,12,15,17H,3-9,11,13H2,1-2H3. The van der Waals surface area contributed by atoms with Gasteiger partial charge in [-0.1, -0.05) is 19.8 Å². The SMILES string of the molecule is CCC1CNC2(CCCC2)CN1CCc1cnn(C)c1. The molecule has 1 aliphatic heterocycles. The highest BCUT2D eigenvalue weighted by Gasteiger charge is 2.40. The number of hydrogen-bond donors (Lipinski definition) is 1. The fourth-order valence-corrected chi connectivity index (χ4v) is 3.96. The summed E-state index contributed by atoms with van der Waals surface area (Å²) >= 11 is 0. The number of nitrogens with one attached hydrogen (secondary N) is 1. The van der Waals surface area contributed by atoms with Crippen molar-refractivity contribution in [3.63, 3.8) is 0 Å². The smallest absolute Gasteiger partial charge is 0.0522 e. The minimum Gasteiger partial charge on any atom is -0.308 e. The van der Waals surface area contributed by atoms with Gasteiger partial charge < -0.3 is 5.32 Å². The van der Waals surface area contributed by atoms with Crippen LogP contribution in [0.1, 0.15) is 44.6 Å². The molecule has 4 nitrogen and oxygen atoms in total. The van der Waals surface area contributed by atoms with Gasteiger partial charge in [0.2, 0.25) is 0 Å². The van der Waals surface area contributed by atoms with E-state index in [1.54, 1.807) is 0 Å². The van der Waals surface area contributed by atoms with E-state index in [4.69, 9.17) is 0 Å². The van der Waals surface area contributed by atoms with Gasteiger partial charge in [-0.25, -0.2) is 0 Å². The van der Waals surface area contributed by atoms with Gasteiger partial charge in [0.25, 0.3) is 0 Å². The predicted octanol–water partition coefficient (Wildman–Crippen LogP) is 1.96. The lowest BCUT2D eigenvalue weighted by atomic mass is 9.91. The van der Waals surface area contributed by atoms with E-state index in [1.165, 1.54) is 57.3 Å². The van der Waals surface area contributed by atoms with Crippen LogP contribution in [-0.4, -0.2) is 45.9 Å². The third-order valence-corrected chi connectivity index (χ3v) is 5.21. The summed E-state index contributed by atoms with van der Waals surface area (Å²) in [5.41, 5.74) is 1.79. The molecule has 1 saturated carbocycles. The first kappa shape index (κ1) is 14.1. The number of aromatic nitrogens is 2. The Kier molecular flexibility index (Phi) is 4.13. The van der Waals surface area contributed by atoms with Crippen LogP contribution in [0.25, 0.3) is 0 Å². The molecule has 1 aromatic heterocycles. The fraction of sp³-hybridized carbons (Fsp3) is 0.812. The maximum Gasteiger partial charge on any atom is 0.0522 e. The van der Waals surface area contributed by atoms with Crippen molar-refractivity contribution in [2.75, 3.05) is 19.6 Å². The van der Waals surface area contributed by atoms with E-state index in [2.05, 4.69) is 28.4 Å². The van der Waals surface area contributed by atoms with Crippen molar-refractivity contribution in [1.29, 1.82) is 0 Å². The molecule has 1 aromatic rings. The van der Waals surface area contributed by atoms with E-state index in [0.29, 0.717) is 11.6 Å². The van der Waals surface area contributed by atoms with Crippen molar-refractivity contribution in [1.82, 2.24) is 20.0 Å². The van der Waals surface area contributed by atoms with Crippen molar-refractivity contribution >= 4 is 0 Å². The first-order valence-corrected chi connectivity index (χ1v) is 8.17. The number of rotatable bonds is 4. The summed E-state index contributed by atoms with van der Waals surface area (Å²) in [6.07, 6.45) is 12.1. The van der Waals surface area contributed by atoms with Gasteiger partial charge in [0, 0.05) is 44.5 Å². The van der Waals surface area contributed by atoms with Crippen LogP contribution in [0.2, 0.25) is 0 Å². The Labute approximate surface area is 122 Å². The summed E-state index contributed by atoms with van der Waals surface area (Å²) in [6.45, 7) is 5.90. The molecule has 1 atom stereocenters. The minimum atomic E-state index is 0.431. The molecule has 1 unspecified atom stereocenters. The molecule has 1 aliphatic carbocycles. The van der Waals surface area contributed by atoms with Gasteiger partial charge in [0.1, 0.15) is 0 Å². The largest absolute Gasteiger partial charge is 0.308 e. The highest BCUT2D eigenvalue weighted by atomic mass is 15.3. The van der Waals surface area contributed by atoms with E-state index in [9.17, 15) is 0 Å². The Hall–Kier alpha value is -0.870. The van der Waals surface area contributed by atoms with E-state index in [-0.39, 0.29) is 0 Å². The van der Waals surface area contributed by atoms with Gasteiger partial charge >= 0.3 is 0 Å². The third kappa shape index (κ3) is 2.91. The van der Waals surface area contributed by atoms with Gasteiger partial charge in [0.05, 0.1) is 6.20 Å². The first-order chi connectivity index (χ1) is 9.71. The van der Waals surface area contributed by atoms with Crippen LogP contribution < -0.4 is 5.32 Å². The lowest BCUT2D eigenvalue weighted by molar-refractivity contribution is 0.0794. The predicted molar refractivity (Wildman–Crippen MR) is 81.8 cm³/mol. The Morgan fingerprint density at radius 1 is 1.40 bits per heavy atom. The van der Waals surface area contributed by atoms with E-state index < -0.39 is 0 Å². The average molecular weight is 276 g/mol. The molecule has 1 saturated heterocycles. The maximum absolute atomic E-state index is 4.28. The first-order valence-electron chi connectivity index (χ1n) is 8.17. The Morgan fingerprint density at radius 3 is 2.85 bits per heavy atom. The Balaban J connectivity index is 1.61. The molecular formula is C16H28N4. The normalized spacial score (nSPS) is 26.4. The molecule has 0 bridgehead atoms. The van der Waals surface area contributed by atoms with E-state index in [1.807, 2.05) is 17.9 Å². The quantitative estimate of drug-likeness (QED) is 0.912. The zero-order valence-electron chi connectivity index (χ0n) is 12.9. The highest BCUT2D eigenvalue weighted by Crippen LogP contribution is 2.33. The molecule has 1 N–H and O–H groups in total. The molecule has 2 aliphatic rings. The molecule has 2 heterocycles. The molecule has 0 amide bonds. The highest BCUT2D eigenvalue weighted by molar-refractivity contribution is 5.06. The summed E-state index contributed by atoms with van der Waals surface area (Å²) in [7, 11) is 2.00. The summed E-state index contributed by atoms with van der Waals surface area (Å²) in [5, 5.41) is 8.15. The van der Waals surface area contributed by atoms with Crippen molar-refractivity contribution in [2.45, 2.75) is 57.0 Å². The summed E-state index contributed by atoms with van der Waals surface area (Å²) in [4.78, 5) is 2.73. The lowest BCUT2D eigenvalue weighted by Gasteiger charge is -2.46. The van der Waals surface area contributed by atoms with E-state index >= 15 is 0 Å². The van der Waals surface area contributed by atoms with Gasteiger partial charge in [-0.15, -0.1) is 0 Å². The minimum absolute atomic E-state index is 0.431. The number of hydrogen-bond acceptors (Lipinski definition) is 3. The maximum atomic E-state index is 4.28. The molecule has 1 spiro atoms. The topological polar surface area (TPSA) is 33.1 Å². The average Bonchev–Trinajstić information content (AvgIpc) is 3.07. The molecular weight excluding hydrogens is 248 g/mol. The van der Waals surface area contributed by atoms with Crippen LogP contribution in [-0.2, 0) is 13.5 Å². The van der Waals surface area contributed by atoms with Crippen LogP contribution in [0.3, 0.4) is 0 Å². The molecule has 112 valence electrons. The van der Waals surface area contributed by atoms with Crippen LogP contribution in [0.4, 0.5) is 0 Å². The fourth-order valence-electron chi connectivity index (χ4n) is 3.96.